The van der Waals surface area contributed by atoms with Crippen LogP contribution >= 0.6 is 0 Å². The number of nitrogens with zero attached hydrogens (tertiary/aromatic N) is 2. The summed E-state index contributed by atoms with van der Waals surface area (Å²) in [5.74, 6) is 0.0685. The molecule has 2 heterocycles. The molecule has 0 spiro atoms. The summed E-state index contributed by atoms with van der Waals surface area (Å²) in [5.41, 5.74) is 3.69. The zero-order valence-electron chi connectivity index (χ0n) is 11.5. The standard InChI is InChI=1S/C17H14N2O2/c20-17(19-10-9-12-5-1-3-7-15(12)19)11-14-13-6-2-4-8-16(13)21-18-14/h1-8H,9-11H2. The van der Waals surface area contributed by atoms with E-state index in [0.717, 1.165) is 29.6 Å². The topological polar surface area (TPSA) is 46.3 Å². The molecule has 21 heavy (non-hydrogen) atoms. The third kappa shape index (κ3) is 2.00. The Labute approximate surface area is 122 Å². The number of hydrogen-bond acceptors (Lipinski definition) is 3. The van der Waals surface area contributed by atoms with Gasteiger partial charge in [-0.25, -0.2) is 0 Å². The van der Waals surface area contributed by atoms with E-state index >= 15 is 0 Å². The number of aromatic nitrogens is 1. The Morgan fingerprint density at radius 2 is 1.95 bits per heavy atom. The predicted octanol–water partition coefficient (Wildman–Crippen LogP) is 2.96. The van der Waals surface area contributed by atoms with Crippen molar-refractivity contribution in [3.8, 4) is 0 Å². The van der Waals surface area contributed by atoms with Gasteiger partial charge in [0.2, 0.25) is 5.91 Å². The van der Waals surface area contributed by atoms with Crippen LogP contribution in [0.25, 0.3) is 11.0 Å². The number of rotatable bonds is 2. The van der Waals surface area contributed by atoms with E-state index in [9.17, 15) is 4.79 Å². The number of fused-ring (bicyclic) bond motifs is 2. The number of benzene rings is 2. The van der Waals surface area contributed by atoms with E-state index in [1.807, 2.05) is 47.4 Å². The Balaban J connectivity index is 1.62. The van der Waals surface area contributed by atoms with Crippen molar-refractivity contribution in [2.75, 3.05) is 11.4 Å². The minimum absolute atomic E-state index is 0.0685. The Morgan fingerprint density at radius 3 is 2.90 bits per heavy atom. The maximum atomic E-state index is 12.6. The van der Waals surface area contributed by atoms with Gasteiger partial charge in [-0.05, 0) is 30.2 Å². The lowest BCUT2D eigenvalue weighted by atomic mass is 10.1. The van der Waals surface area contributed by atoms with Gasteiger partial charge in [-0.1, -0.05) is 35.5 Å². The van der Waals surface area contributed by atoms with Gasteiger partial charge in [-0.2, -0.15) is 0 Å². The van der Waals surface area contributed by atoms with Gasteiger partial charge < -0.3 is 9.42 Å². The zero-order valence-corrected chi connectivity index (χ0v) is 11.5. The molecular weight excluding hydrogens is 264 g/mol. The highest BCUT2D eigenvalue weighted by atomic mass is 16.5. The maximum Gasteiger partial charge on any atom is 0.233 e. The third-order valence-electron chi connectivity index (χ3n) is 3.96. The lowest BCUT2D eigenvalue weighted by Crippen LogP contribution is -2.30. The molecular formula is C17H14N2O2. The predicted molar refractivity (Wildman–Crippen MR) is 80.2 cm³/mol. The van der Waals surface area contributed by atoms with Crippen LogP contribution in [0.5, 0.6) is 0 Å². The average Bonchev–Trinajstić information content (AvgIpc) is 3.12. The molecule has 0 radical (unpaired) electrons. The summed E-state index contributed by atoms with van der Waals surface area (Å²) in [6.07, 6.45) is 1.19. The Hall–Kier alpha value is -2.62. The van der Waals surface area contributed by atoms with Gasteiger partial charge in [0.15, 0.2) is 5.58 Å². The fourth-order valence-corrected chi connectivity index (χ4v) is 2.90. The molecule has 1 aliphatic rings. The molecule has 1 amide bonds. The number of hydrogen-bond donors (Lipinski definition) is 0. The molecule has 4 heteroatoms. The summed E-state index contributed by atoms with van der Waals surface area (Å²) in [6.45, 7) is 0.744. The van der Waals surface area contributed by atoms with Crippen LogP contribution in [0.3, 0.4) is 0 Å². The van der Waals surface area contributed by atoms with Crippen LogP contribution in [-0.2, 0) is 17.6 Å². The van der Waals surface area contributed by atoms with E-state index in [1.165, 1.54) is 5.56 Å². The zero-order chi connectivity index (χ0) is 14.2. The van der Waals surface area contributed by atoms with E-state index in [1.54, 1.807) is 0 Å². The van der Waals surface area contributed by atoms with Gasteiger partial charge >= 0.3 is 0 Å². The largest absolute Gasteiger partial charge is 0.356 e. The second kappa shape index (κ2) is 4.74. The molecule has 1 aliphatic heterocycles. The molecule has 4 nitrogen and oxygen atoms in total. The Kier molecular flexibility index (Phi) is 2.74. The lowest BCUT2D eigenvalue weighted by Gasteiger charge is -2.16. The minimum Gasteiger partial charge on any atom is -0.356 e. The summed E-state index contributed by atoms with van der Waals surface area (Å²) in [7, 11) is 0. The molecule has 0 fully saturated rings. The van der Waals surface area contributed by atoms with Crippen LogP contribution in [0.1, 0.15) is 11.3 Å². The van der Waals surface area contributed by atoms with Crippen LogP contribution < -0.4 is 4.90 Å². The van der Waals surface area contributed by atoms with Gasteiger partial charge in [0.05, 0.1) is 6.42 Å². The number of carbonyl (C=O) groups excluding carboxylic acids is 1. The SMILES string of the molecule is O=C(Cc1noc2ccccc12)N1CCc2ccccc21. The summed E-state index contributed by atoms with van der Waals surface area (Å²) in [4.78, 5) is 14.4. The van der Waals surface area contributed by atoms with Crippen molar-refractivity contribution in [3.63, 3.8) is 0 Å². The number of carbonyl (C=O) groups is 1. The average molecular weight is 278 g/mol. The molecule has 1 aromatic heterocycles. The highest BCUT2D eigenvalue weighted by molar-refractivity contribution is 5.98. The van der Waals surface area contributed by atoms with E-state index < -0.39 is 0 Å². The first-order valence-electron chi connectivity index (χ1n) is 7.04. The van der Waals surface area contributed by atoms with Crippen LogP contribution in [0.2, 0.25) is 0 Å². The molecule has 0 aliphatic carbocycles. The molecule has 3 aromatic rings. The monoisotopic (exact) mass is 278 g/mol. The van der Waals surface area contributed by atoms with Gasteiger partial charge in [0.25, 0.3) is 0 Å². The van der Waals surface area contributed by atoms with Crippen molar-refractivity contribution in [2.45, 2.75) is 12.8 Å². The third-order valence-corrected chi connectivity index (χ3v) is 3.96. The minimum atomic E-state index is 0.0685. The molecule has 2 aromatic carbocycles. The normalized spacial score (nSPS) is 13.6. The Bertz CT molecular complexity index is 822. The van der Waals surface area contributed by atoms with E-state index in [2.05, 4.69) is 11.2 Å². The van der Waals surface area contributed by atoms with Gasteiger partial charge in [0.1, 0.15) is 5.69 Å². The summed E-state index contributed by atoms with van der Waals surface area (Å²) in [6, 6.07) is 15.7. The quantitative estimate of drug-likeness (QED) is 0.724. The van der Waals surface area contributed by atoms with Gasteiger partial charge in [0, 0.05) is 17.6 Å². The van der Waals surface area contributed by atoms with Crippen molar-refractivity contribution in [1.82, 2.24) is 5.16 Å². The van der Waals surface area contributed by atoms with Crippen molar-refractivity contribution in [3.05, 3.63) is 59.8 Å². The fraction of sp³-hybridized carbons (Fsp3) is 0.176. The molecule has 0 N–H and O–H groups in total. The van der Waals surface area contributed by atoms with Crippen molar-refractivity contribution >= 4 is 22.6 Å². The molecule has 0 saturated heterocycles. The van der Waals surface area contributed by atoms with Crippen molar-refractivity contribution in [1.29, 1.82) is 0 Å². The molecule has 0 unspecified atom stereocenters. The van der Waals surface area contributed by atoms with Crippen LogP contribution in [0, 0.1) is 0 Å². The molecule has 0 atom stereocenters. The summed E-state index contributed by atoms with van der Waals surface area (Å²) >= 11 is 0. The summed E-state index contributed by atoms with van der Waals surface area (Å²) in [5, 5.41) is 4.96. The van der Waals surface area contributed by atoms with Crippen LogP contribution in [0.4, 0.5) is 5.69 Å². The van der Waals surface area contributed by atoms with E-state index in [-0.39, 0.29) is 12.3 Å². The van der Waals surface area contributed by atoms with E-state index in [0.29, 0.717) is 5.69 Å². The first kappa shape index (κ1) is 12.1. The molecule has 0 saturated carbocycles. The smallest absolute Gasteiger partial charge is 0.233 e. The molecule has 104 valence electrons. The maximum absolute atomic E-state index is 12.6. The summed E-state index contributed by atoms with van der Waals surface area (Å²) < 4.78 is 5.26. The number of anilines is 1. The first-order chi connectivity index (χ1) is 10.3. The van der Waals surface area contributed by atoms with Crippen LogP contribution in [0.15, 0.2) is 53.1 Å². The second-order valence-corrected chi connectivity index (χ2v) is 5.23. The van der Waals surface area contributed by atoms with E-state index in [4.69, 9.17) is 4.52 Å². The highest BCUT2D eigenvalue weighted by Crippen LogP contribution is 2.28. The first-order valence-corrected chi connectivity index (χ1v) is 7.04. The molecule has 4 rings (SSSR count). The second-order valence-electron chi connectivity index (χ2n) is 5.23. The van der Waals surface area contributed by atoms with Gasteiger partial charge in [-0.3, -0.25) is 4.79 Å². The lowest BCUT2D eigenvalue weighted by molar-refractivity contribution is -0.117. The number of amides is 1. The van der Waals surface area contributed by atoms with Crippen LogP contribution in [-0.4, -0.2) is 17.6 Å². The molecule has 0 bridgehead atoms. The van der Waals surface area contributed by atoms with Gasteiger partial charge in [-0.15, -0.1) is 0 Å². The van der Waals surface area contributed by atoms with Crippen molar-refractivity contribution in [2.24, 2.45) is 0 Å². The number of para-hydroxylation sites is 2. The van der Waals surface area contributed by atoms with Crippen molar-refractivity contribution < 1.29 is 9.32 Å². The highest BCUT2D eigenvalue weighted by Gasteiger charge is 2.25. The Morgan fingerprint density at radius 1 is 1.14 bits per heavy atom. The fourth-order valence-electron chi connectivity index (χ4n) is 2.90.